The van der Waals surface area contributed by atoms with E-state index < -0.39 is 0 Å². The van der Waals surface area contributed by atoms with E-state index in [0.717, 1.165) is 32.4 Å². The van der Waals surface area contributed by atoms with Gasteiger partial charge in [-0.15, -0.1) is 0 Å². The number of hydrogen-bond donors (Lipinski definition) is 1. The van der Waals surface area contributed by atoms with Gasteiger partial charge < -0.3 is 5.32 Å². The van der Waals surface area contributed by atoms with Crippen molar-refractivity contribution in [2.75, 3.05) is 13.1 Å². The number of nitrogens with zero attached hydrogens (tertiary/aromatic N) is 2. The van der Waals surface area contributed by atoms with Crippen molar-refractivity contribution in [1.82, 2.24) is 15.1 Å². The van der Waals surface area contributed by atoms with Gasteiger partial charge in [-0.3, -0.25) is 4.68 Å². The quantitative estimate of drug-likeness (QED) is 0.718. The molecular formula is C15H29N3. The van der Waals surface area contributed by atoms with Crippen molar-refractivity contribution < 1.29 is 0 Å². The van der Waals surface area contributed by atoms with Gasteiger partial charge >= 0.3 is 0 Å². The molecule has 0 saturated heterocycles. The average Bonchev–Trinajstić information content (AvgIpc) is 2.64. The smallest absolute Gasteiger partial charge is 0.0628 e. The van der Waals surface area contributed by atoms with Gasteiger partial charge in [0.15, 0.2) is 0 Å². The molecule has 3 nitrogen and oxygen atoms in total. The van der Waals surface area contributed by atoms with Crippen LogP contribution in [0, 0.1) is 13.8 Å². The van der Waals surface area contributed by atoms with E-state index in [2.05, 4.69) is 44.6 Å². The lowest BCUT2D eigenvalue weighted by atomic mass is 10.1. The molecule has 1 rings (SSSR count). The number of rotatable bonds is 8. The van der Waals surface area contributed by atoms with Gasteiger partial charge in [0.25, 0.3) is 0 Å². The first-order valence-electron chi connectivity index (χ1n) is 7.40. The fourth-order valence-electron chi connectivity index (χ4n) is 2.62. The van der Waals surface area contributed by atoms with Gasteiger partial charge in [0.2, 0.25) is 0 Å². The maximum absolute atomic E-state index is 4.75. The summed E-state index contributed by atoms with van der Waals surface area (Å²) in [5.74, 6) is 0. The maximum Gasteiger partial charge on any atom is 0.0628 e. The van der Waals surface area contributed by atoms with E-state index in [-0.39, 0.29) is 0 Å². The molecule has 0 aliphatic carbocycles. The van der Waals surface area contributed by atoms with Crippen LogP contribution in [0.15, 0.2) is 0 Å². The minimum Gasteiger partial charge on any atom is -0.317 e. The second-order valence-electron chi connectivity index (χ2n) is 5.02. The molecule has 0 aromatic carbocycles. The van der Waals surface area contributed by atoms with Gasteiger partial charge in [-0.05, 0) is 58.2 Å². The molecule has 1 N–H and O–H groups in total. The third-order valence-corrected chi connectivity index (χ3v) is 3.79. The Morgan fingerprint density at radius 3 is 2.39 bits per heavy atom. The highest BCUT2D eigenvalue weighted by Gasteiger charge is 2.15. The Kier molecular flexibility index (Phi) is 6.41. The highest BCUT2D eigenvalue weighted by atomic mass is 15.3. The van der Waals surface area contributed by atoms with Crippen LogP contribution in [0.3, 0.4) is 0 Å². The lowest BCUT2D eigenvalue weighted by molar-refractivity contribution is 0.418. The first-order chi connectivity index (χ1) is 8.65. The summed E-state index contributed by atoms with van der Waals surface area (Å²) < 4.78 is 2.25. The van der Waals surface area contributed by atoms with Gasteiger partial charge in [0.05, 0.1) is 11.7 Å². The molecule has 0 amide bonds. The number of nitrogens with one attached hydrogen (secondary N) is 1. The summed E-state index contributed by atoms with van der Waals surface area (Å²) in [6.07, 6.45) is 4.67. The van der Waals surface area contributed by atoms with Crippen LogP contribution in [-0.2, 0) is 6.42 Å². The van der Waals surface area contributed by atoms with Crippen molar-refractivity contribution in [3.63, 3.8) is 0 Å². The standard InChI is InChI=1S/C15H29N3/c1-6-14(7-2)18-13(5)15(12(4)17-18)10-9-11-16-8-3/h14,16H,6-11H2,1-5H3. The summed E-state index contributed by atoms with van der Waals surface area (Å²) in [5, 5.41) is 8.13. The lowest BCUT2D eigenvalue weighted by Crippen LogP contribution is -2.15. The Hall–Kier alpha value is -0.830. The topological polar surface area (TPSA) is 29.9 Å². The molecule has 0 atom stereocenters. The zero-order valence-corrected chi connectivity index (χ0v) is 12.7. The lowest BCUT2D eigenvalue weighted by Gasteiger charge is -2.15. The molecule has 104 valence electrons. The molecule has 1 aromatic rings. The number of aromatic nitrogens is 2. The van der Waals surface area contributed by atoms with Gasteiger partial charge in [-0.25, -0.2) is 0 Å². The van der Waals surface area contributed by atoms with Crippen molar-refractivity contribution >= 4 is 0 Å². The van der Waals surface area contributed by atoms with Crippen molar-refractivity contribution in [2.24, 2.45) is 0 Å². The van der Waals surface area contributed by atoms with Crippen LogP contribution < -0.4 is 5.32 Å². The molecule has 3 heteroatoms. The first kappa shape index (κ1) is 15.2. The minimum atomic E-state index is 0.561. The van der Waals surface area contributed by atoms with Gasteiger partial charge in [0.1, 0.15) is 0 Å². The summed E-state index contributed by atoms with van der Waals surface area (Å²) in [6.45, 7) is 13.2. The van der Waals surface area contributed by atoms with Crippen LogP contribution in [0.1, 0.15) is 63.0 Å². The summed E-state index contributed by atoms with van der Waals surface area (Å²) in [6, 6.07) is 0.561. The highest BCUT2D eigenvalue weighted by Crippen LogP contribution is 2.22. The predicted octanol–water partition coefficient (Wildman–Crippen LogP) is 3.40. The van der Waals surface area contributed by atoms with E-state index in [0.29, 0.717) is 6.04 Å². The Labute approximate surface area is 112 Å². The third-order valence-electron chi connectivity index (χ3n) is 3.79. The van der Waals surface area contributed by atoms with Crippen LogP contribution >= 0.6 is 0 Å². The van der Waals surface area contributed by atoms with Crippen LogP contribution in [0.25, 0.3) is 0 Å². The third kappa shape index (κ3) is 3.58. The summed E-state index contributed by atoms with van der Waals surface area (Å²) in [5.41, 5.74) is 4.05. The molecule has 0 spiro atoms. The normalized spacial score (nSPS) is 11.4. The predicted molar refractivity (Wildman–Crippen MR) is 78.2 cm³/mol. The Morgan fingerprint density at radius 1 is 1.17 bits per heavy atom. The van der Waals surface area contributed by atoms with E-state index in [1.165, 1.54) is 23.4 Å². The van der Waals surface area contributed by atoms with Gasteiger partial charge in [-0.2, -0.15) is 5.10 Å². The largest absolute Gasteiger partial charge is 0.317 e. The Morgan fingerprint density at radius 2 is 1.83 bits per heavy atom. The van der Waals surface area contributed by atoms with Crippen molar-refractivity contribution in [3.05, 3.63) is 17.0 Å². The van der Waals surface area contributed by atoms with E-state index in [1.807, 2.05) is 0 Å². The maximum atomic E-state index is 4.75. The molecule has 18 heavy (non-hydrogen) atoms. The second kappa shape index (κ2) is 7.57. The summed E-state index contributed by atoms with van der Waals surface area (Å²) in [7, 11) is 0. The van der Waals surface area contributed by atoms with E-state index >= 15 is 0 Å². The Bertz CT molecular complexity index is 351. The van der Waals surface area contributed by atoms with E-state index in [1.54, 1.807) is 0 Å². The SMILES string of the molecule is CCNCCCc1c(C)nn(C(CC)CC)c1C. The number of aryl methyl sites for hydroxylation is 1. The molecule has 0 aliphatic heterocycles. The van der Waals surface area contributed by atoms with Crippen molar-refractivity contribution in [1.29, 1.82) is 0 Å². The molecule has 0 aliphatic rings. The van der Waals surface area contributed by atoms with Crippen LogP contribution in [0.2, 0.25) is 0 Å². The summed E-state index contributed by atoms with van der Waals surface area (Å²) >= 11 is 0. The molecule has 0 radical (unpaired) electrons. The molecule has 1 heterocycles. The fourth-order valence-corrected chi connectivity index (χ4v) is 2.62. The zero-order valence-electron chi connectivity index (χ0n) is 12.7. The average molecular weight is 251 g/mol. The molecule has 0 saturated carbocycles. The van der Waals surface area contributed by atoms with E-state index in [4.69, 9.17) is 5.10 Å². The second-order valence-corrected chi connectivity index (χ2v) is 5.02. The summed E-state index contributed by atoms with van der Waals surface area (Å²) in [4.78, 5) is 0. The monoisotopic (exact) mass is 251 g/mol. The molecule has 0 bridgehead atoms. The Balaban J connectivity index is 2.74. The van der Waals surface area contributed by atoms with E-state index in [9.17, 15) is 0 Å². The van der Waals surface area contributed by atoms with Crippen LogP contribution in [-0.4, -0.2) is 22.9 Å². The van der Waals surface area contributed by atoms with Gasteiger partial charge in [-0.1, -0.05) is 20.8 Å². The first-order valence-corrected chi connectivity index (χ1v) is 7.40. The molecular weight excluding hydrogens is 222 g/mol. The number of hydrogen-bond acceptors (Lipinski definition) is 2. The van der Waals surface area contributed by atoms with Crippen molar-refractivity contribution in [2.45, 2.75) is 66.3 Å². The van der Waals surface area contributed by atoms with Crippen LogP contribution in [0.4, 0.5) is 0 Å². The minimum absolute atomic E-state index is 0.561. The molecule has 1 aromatic heterocycles. The molecule has 0 unspecified atom stereocenters. The molecule has 0 fully saturated rings. The van der Waals surface area contributed by atoms with Crippen molar-refractivity contribution in [3.8, 4) is 0 Å². The van der Waals surface area contributed by atoms with Crippen LogP contribution in [0.5, 0.6) is 0 Å². The fraction of sp³-hybridized carbons (Fsp3) is 0.800. The highest BCUT2D eigenvalue weighted by molar-refractivity contribution is 5.25. The zero-order chi connectivity index (χ0) is 13.5. The van der Waals surface area contributed by atoms with Gasteiger partial charge in [0, 0.05) is 5.69 Å².